The second kappa shape index (κ2) is 9.36. The number of aryl methyl sites for hydroxylation is 1. The van der Waals surface area contributed by atoms with Gasteiger partial charge in [0.2, 0.25) is 0 Å². The van der Waals surface area contributed by atoms with Gasteiger partial charge in [0, 0.05) is 41.3 Å². The Bertz CT molecular complexity index is 1420. The number of carbonyl (C=O) groups is 1. The van der Waals surface area contributed by atoms with Crippen molar-refractivity contribution in [2.75, 3.05) is 13.2 Å². The van der Waals surface area contributed by atoms with E-state index in [0.29, 0.717) is 17.4 Å². The molecule has 1 saturated heterocycles. The predicted octanol–water partition coefficient (Wildman–Crippen LogP) is 6.28. The largest absolute Gasteiger partial charge is 0.481 e. The van der Waals surface area contributed by atoms with Crippen LogP contribution < -0.4 is 0 Å². The van der Waals surface area contributed by atoms with Crippen LogP contribution >= 0.6 is 0 Å². The highest BCUT2D eigenvalue weighted by molar-refractivity contribution is 5.98. The van der Waals surface area contributed by atoms with Crippen molar-refractivity contribution < 1.29 is 19.0 Å². The van der Waals surface area contributed by atoms with Crippen molar-refractivity contribution in [3.8, 4) is 5.69 Å². The van der Waals surface area contributed by atoms with Crippen molar-refractivity contribution >= 4 is 27.8 Å². The van der Waals surface area contributed by atoms with Crippen LogP contribution in [0.4, 0.5) is 4.39 Å². The van der Waals surface area contributed by atoms with Gasteiger partial charge in [-0.1, -0.05) is 0 Å². The Balaban J connectivity index is 1.54. The van der Waals surface area contributed by atoms with Gasteiger partial charge in [-0.15, -0.1) is 0 Å². The summed E-state index contributed by atoms with van der Waals surface area (Å²) in [5.74, 6) is -0.287. The van der Waals surface area contributed by atoms with E-state index in [9.17, 15) is 14.3 Å². The number of hydrogen-bond donors (Lipinski definition) is 2. The number of fused-ring (bicyclic) bond motifs is 2. The molecule has 3 heterocycles. The fourth-order valence-electron chi connectivity index (χ4n) is 6.37. The monoisotopic (exact) mass is 489 g/mol. The summed E-state index contributed by atoms with van der Waals surface area (Å²) >= 11 is 0. The highest BCUT2D eigenvalue weighted by Gasteiger charge is 2.31. The van der Waals surface area contributed by atoms with Gasteiger partial charge in [0.1, 0.15) is 5.82 Å². The van der Waals surface area contributed by atoms with Crippen LogP contribution in [0.5, 0.6) is 0 Å². The molecular weight excluding hydrogens is 457 g/mol. The van der Waals surface area contributed by atoms with Crippen LogP contribution in [-0.4, -0.2) is 39.1 Å². The molecule has 2 aliphatic rings. The molecule has 0 amide bonds. The maximum absolute atomic E-state index is 14.3. The van der Waals surface area contributed by atoms with Crippen molar-refractivity contribution in [2.45, 2.75) is 57.8 Å². The molecule has 0 radical (unpaired) electrons. The molecule has 2 fully saturated rings. The van der Waals surface area contributed by atoms with E-state index in [1.54, 1.807) is 6.07 Å². The number of benzene rings is 2. The van der Waals surface area contributed by atoms with Gasteiger partial charge in [-0.2, -0.15) is 5.10 Å². The summed E-state index contributed by atoms with van der Waals surface area (Å²) in [6.07, 6.45) is 8.02. The lowest BCUT2D eigenvalue weighted by atomic mass is 9.78. The first kappa shape index (κ1) is 23.2. The van der Waals surface area contributed by atoms with E-state index >= 15 is 0 Å². The number of carboxylic acid groups (broad SMARTS) is 1. The van der Waals surface area contributed by atoms with Crippen LogP contribution in [0, 0.1) is 24.6 Å². The SMILES string of the molecule is Cc1cc(-n2c(C3CCOCC3)c(CC3CCC(C(=O)O)CC3)c3cc4[nH]ncc4cc32)ccc1F. The number of halogens is 1. The fraction of sp³-hybridized carbons (Fsp3) is 0.448. The Morgan fingerprint density at radius 2 is 1.92 bits per heavy atom. The summed E-state index contributed by atoms with van der Waals surface area (Å²) in [5.41, 5.74) is 6.37. The molecule has 6 nitrogen and oxygen atoms in total. The molecule has 2 aromatic carbocycles. The lowest BCUT2D eigenvalue weighted by Gasteiger charge is -2.29. The topological polar surface area (TPSA) is 80.1 Å². The van der Waals surface area contributed by atoms with Crippen LogP contribution in [0.15, 0.2) is 36.5 Å². The Morgan fingerprint density at radius 1 is 1.14 bits per heavy atom. The molecule has 6 rings (SSSR count). The Hall–Kier alpha value is -3.19. The van der Waals surface area contributed by atoms with E-state index in [0.717, 1.165) is 80.3 Å². The smallest absolute Gasteiger partial charge is 0.306 e. The summed E-state index contributed by atoms with van der Waals surface area (Å²) in [4.78, 5) is 11.5. The van der Waals surface area contributed by atoms with Crippen molar-refractivity contribution in [3.63, 3.8) is 0 Å². The lowest BCUT2D eigenvalue weighted by molar-refractivity contribution is -0.143. The van der Waals surface area contributed by atoms with E-state index in [2.05, 4.69) is 26.9 Å². The molecule has 2 N–H and O–H groups in total. The van der Waals surface area contributed by atoms with E-state index in [4.69, 9.17) is 4.74 Å². The zero-order valence-corrected chi connectivity index (χ0v) is 20.6. The summed E-state index contributed by atoms with van der Waals surface area (Å²) in [7, 11) is 0. The van der Waals surface area contributed by atoms with Gasteiger partial charge in [0.05, 0.1) is 23.1 Å². The van der Waals surface area contributed by atoms with E-state index in [-0.39, 0.29) is 11.7 Å². The fourth-order valence-corrected chi connectivity index (χ4v) is 6.37. The van der Waals surface area contributed by atoms with Crippen molar-refractivity contribution in [1.29, 1.82) is 0 Å². The van der Waals surface area contributed by atoms with Gasteiger partial charge in [0.15, 0.2) is 0 Å². The first-order valence-corrected chi connectivity index (χ1v) is 13.1. The molecule has 2 aromatic heterocycles. The molecular formula is C29H32FN3O3. The molecule has 1 aliphatic heterocycles. The minimum atomic E-state index is -0.665. The molecule has 0 bridgehead atoms. The Kier molecular flexibility index (Phi) is 6.04. The number of carboxylic acids is 1. The van der Waals surface area contributed by atoms with Crippen LogP contribution in [-0.2, 0) is 16.0 Å². The van der Waals surface area contributed by atoms with Crippen LogP contribution in [0.3, 0.4) is 0 Å². The second-order valence-corrected chi connectivity index (χ2v) is 10.6. The maximum Gasteiger partial charge on any atom is 0.306 e. The number of H-pyrrole nitrogens is 1. The third-order valence-corrected chi connectivity index (χ3v) is 8.37. The van der Waals surface area contributed by atoms with E-state index in [1.165, 1.54) is 16.6 Å². The average molecular weight is 490 g/mol. The maximum atomic E-state index is 14.3. The molecule has 188 valence electrons. The summed E-state index contributed by atoms with van der Waals surface area (Å²) in [6, 6.07) is 9.80. The Morgan fingerprint density at radius 3 is 2.64 bits per heavy atom. The van der Waals surface area contributed by atoms with Crippen molar-refractivity contribution in [2.24, 2.45) is 11.8 Å². The van der Waals surface area contributed by atoms with Crippen LogP contribution in [0.25, 0.3) is 27.5 Å². The minimum Gasteiger partial charge on any atom is -0.481 e. The molecule has 1 saturated carbocycles. The number of ether oxygens (including phenoxy) is 1. The third-order valence-electron chi connectivity index (χ3n) is 8.37. The molecule has 4 aromatic rings. The normalized spacial score (nSPS) is 21.4. The zero-order valence-electron chi connectivity index (χ0n) is 20.6. The van der Waals surface area contributed by atoms with Gasteiger partial charge in [-0.05, 0) is 99.2 Å². The minimum absolute atomic E-state index is 0.199. The van der Waals surface area contributed by atoms with Crippen LogP contribution in [0.2, 0.25) is 0 Å². The highest BCUT2D eigenvalue weighted by Crippen LogP contribution is 2.42. The Labute approximate surface area is 209 Å². The number of rotatable bonds is 5. The molecule has 0 spiro atoms. The number of nitrogens with one attached hydrogen (secondary N) is 1. The zero-order chi connectivity index (χ0) is 24.8. The van der Waals surface area contributed by atoms with Crippen molar-refractivity contribution in [1.82, 2.24) is 14.8 Å². The van der Waals surface area contributed by atoms with Gasteiger partial charge in [-0.3, -0.25) is 9.89 Å². The van der Waals surface area contributed by atoms with Gasteiger partial charge in [0.25, 0.3) is 0 Å². The van der Waals surface area contributed by atoms with Gasteiger partial charge >= 0.3 is 5.97 Å². The molecule has 0 unspecified atom stereocenters. The highest BCUT2D eigenvalue weighted by atomic mass is 19.1. The summed E-state index contributed by atoms with van der Waals surface area (Å²) < 4.78 is 22.3. The third kappa shape index (κ3) is 4.09. The molecule has 36 heavy (non-hydrogen) atoms. The summed E-state index contributed by atoms with van der Waals surface area (Å²) in [5, 5.41) is 19.1. The predicted molar refractivity (Wildman–Crippen MR) is 137 cm³/mol. The lowest BCUT2D eigenvalue weighted by Crippen LogP contribution is -2.23. The molecule has 7 heteroatoms. The summed E-state index contributed by atoms with van der Waals surface area (Å²) in [6.45, 7) is 3.29. The first-order chi connectivity index (χ1) is 17.5. The second-order valence-electron chi connectivity index (χ2n) is 10.6. The van der Waals surface area contributed by atoms with Crippen molar-refractivity contribution in [3.05, 3.63) is 59.2 Å². The van der Waals surface area contributed by atoms with E-state index in [1.807, 2.05) is 25.3 Å². The number of hydrogen-bond acceptors (Lipinski definition) is 3. The molecule has 0 atom stereocenters. The standard InChI is InChI=1S/C29H32FN3O3/c1-17-12-22(6-7-25(17)30)33-27-14-21-16-31-32-26(21)15-23(27)24(28(33)19-8-10-36-11-9-19)13-18-2-4-20(5-3-18)29(34)35/h6-7,12,14-16,18-20H,2-5,8-11,13H2,1H3,(H,31,32)(H,34,35). The number of aliphatic carboxylic acids is 1. The average Bonchev–Trinajstić information content (AvgIpc) is 3.47. The van der Waals surface area contributed by atoms with Crippen LogP contribution in [0.1, 0.15) is 61.3 Å². The number of aromatic amines is 1. The molecule has 1 aliphatic carbocycles. The number of nitrogens with zero attached hydrogens (tertiary/aromatic N) is 2. The first-order valence-electron chi connectivity index (χ1n) is 13.1. The quantitative estimate of drug-likeness (QED) is 0.346. The van der Waals surface area contributed by atoms with Gasteiger partial charge in [-0.25, -0.2) is 4.39 Å². The van der Waals surface area contributed by atoms with Gasteiger partial charge < -0.3 is 14.4 Å². The number of aromatic nitrogens is 3. The van der Waals surface area contributed by atoms with E-state index < -0.39 is 5.97 Å².